The van der Waals surface area contributed by atoms with Gasteiger partial charge in [-0.05, 0) is 60.5 Å². The maximum absolute atomic E-state index is 13.5. The molecule has 1 aliphatic rings. The molecule has 0 bridgehead atoms. The van der Waals surface area contributed by atoms with E-state index in [9.17, 15) is 9.18 Å². The van der Waals surface area contributed by atoms with Gasteiger partial charge < -0.3 is 4.98 Å². The van der Waals surface area contributed by atoms with Gasteiger partial charge in [-0.1, -0.05) is 46.3 Å². The fourth-order valence-corrected chi connectivity index (χ4v) is 4.46. The predicted molar refractivity (Wildman–Crippen MR) is 126 cm³/mol. The Balaban J connectivity index is 1.65. The smallest absolute Gasteiger partial charge is 0.257 e. The largest absolute Gasteiger partial charge is 0.321 e. The summed E-state index contributed by atoms with van der Waals surface area (Å²) in [6, 6.07) is 22.0. The van der Waals surface area contributed by atoms with Crippen LogP contribution in [0.1, 0.15) is 29.2 Å². The highest BCUT2D eigenvalue weighted by Crippen LogP contribution is 2.37. The molecule has 0 spiro atoms. The lowest BCUT2D eigenvalue weighted by atomic mass is 9.95. The van der Waals surface area contributed by atoms with Crippen LogP contribution in [0, 0.1) is 12.7 Å². The molecule has 154 valence electrons. The van der Waals surface area contributed by atoms with E-state index in [1.807, 2.05) is 60.5 Å². The Morgan fingerprint density at radius 3 is 2.48 bits per heavy atom. The number of aromatic amines is 1. The van der Waals surface area contributed by atoms with Crippen LogP contribution in [0.4, 0.5) is 10.1 Å². The van der Waals surface area contributed by atoms with E-state index < -0.39 is 0 Å². The molecule has 1 aliphatic heterocycles. The number of H-pyrrole nitrogens is 1. The van der Waals surface area contributed by atoms with E-state index in [1.165, 1.54) is 12.1 Å². The molecule has 5 rings (SSSR count). The summed E-state index contributed by atoms with van der Waals surface area (Å²) in [5.74, 6) is -0.297. The van der Waals surface area contributed by atoms with Crippen LogP contribution < -0.4 is 10.6 Å². The van der Waals surface area contributed by atoms with Gasteiger partial charge in [-0.2, -0.15) is 5.10 Å². The van der Waals surface area contributed by atoms with Crippen molar-refractivity contribution in [3.8, 4) is 0 Å². The fraction of sp³-hybridized carbons (Fsp3) is 0.120. The van der Waals surface area contributed by atoms with Crippen LogP contribution in [-0.2, 0) is 0 Å². The SMILES string of the molecule is Cc1c(C2=NN(c3ccc(F)cc3)C(c3ccc(Br)cc3)C2)c(=O)[nH]c2ccccc12. The van der Waals surface area contributed by atoms with Crippen LogP contribution in [0.2, 0.25) is 0 Å². The number of nitrogens with one attached hydrogen (secondary N) is 1. The van der Waals surface area contributed by atoms with Crippen LogP contribution in [-0.4, -0.2) is 10.7 Å². The summed E-state index contributed by atoms with van der Waals surface area (Å²) in [6.07, 6.45) is 0.571. The first-order valence-corrected chi connectivity index (χ1v) is 10.8. The summed E-state index contributed by atoms with van der Waals surface area (Å²) in [7, 11) is 0. The van der Waals surface area contributed by atoms with Crippen molar-refractivity contribution in [1.29, 1.82) is 0 Å². The Morgan fingerprint density at radius 2 is 1.74 bits per heavy atom. The van der Waals surface area contributed by atoms with Gasteiger partial charge in [-0.3, -0.25) is 9.80 Å². The Bertz CT molecular complexity index is 1360. The van der Waals surface area contributed by atoms with Gasteiger partial charge in [-0.15, -0.1) is 0 Å². The van der Waals surface area contributed by atoms with E-state index in [2.05, 4.69) is 20.9 Å². The molecule has 4 nitrogen and oxygen atoms in total. The second-order valence-electron chi connectivity index (χ2n) is 7.64. The van der Waals surface area contributed by atoms with Crippen molar-refractivity contribution in [2.45, 2.75) is 19.4 Å². The average Bonchev–Trinajstić information content (AvgIpc) is 3.19. The number of benzene rings is 3. The lowest BCUT2D eigenvalue weighted by Gasteiger charge is -2.24. The monoisotopic (exact) mass is 475 g/mol. The maximum atomic E-state index is 13.5. The molecule has 1 aromatic heterocycles. The third-order valence-corrected chi connectivity index (χ3v) is 6.25. The predicted octanol–water partition coefficient (Wildman–Crippen LogP) is 6.09. The highest BCUT2D eigenvalue weighted by molar-refractivity contribution is 9.10. The topological polar surface area (TPSA) is 48.5 Å². The van der Waals surface area contributed by atoms with E-state index >= 15 is 0 Å². The summed E-state index contributed by atoms with van der Waals surface area (Å²) in [4.78, 5) is 16.0. The first-order valence-electron chi connectivity index (χ1n) is 10.0. The molecular formula is C25H19BrFN3O. The molecule has 2 heterocycles. The zero-order chi connectivity index (χ0) is 21.5. The summed E-state index contributed by atoms with van der Waals surface area (Å²) in [6.45, 7) is 1.96. The quantitative estimate of drug-likeness (QED) is 0.389. The molecule has 0 fully saturated rings. The van der Waals surface area contributed by atoms with E-state index in [4.69, 9.17) is 5.10 Å². The van der Waals surface area contributed by atoms with Gasteiger partial charge in [0.1, 0.15) is 5.82 Å². The fourth-order valence-electron chi connectivity index (χ4n) is 4.19. The maximum Gasteiger partial charge on any atom is 0.257 e. The van der Waals surface area contributed by atoms with E-state index in [-0.39, 0.29) is 17.4 Å². The average molecular weight is 476 g/mol. The number of aryl methyl sites for hydroxylation is 1. The Morgan fingerprint density at radius 1 is 1.03 bits per heavy atom. The van der Waals surface area contributed by atoms with Gasteiger partial charge >= 0.3 is 0 Å². The number of nitrogens with zero attached hydrogens (tertiary/aromatic N) is 2. The number of halogens is 2. The molecule has 31 heavy (non-hydrogen) atoms. The van der Waals surface area contributed by atoms with Crippen molar-refractivity contribution in [3.63, 3.8) is 0 Å². The molecule has 0 amide bonds. The minimum absolute atomic E-state index is 0.0983. The van der Waals surface area contributed by atoms with Gasteiger partial charge in [0.15, 0.2) is 0 Å². The summed E-state index contributed by atoms with van der Waals surface area (Å²) >= 11 is 3.48. The van der Waals surface area contributed by atoms with Crippen molar-refractivity contribution in [2.75, 3.05) is 5.01 Å². The summed E-state index contributed by atoms with van der Waals surface area (Å²) < 4.78 is 14.5. The van der Waals surface area contributed by atoms with E-state index in [1.54, 1.807) is 12.1 Å². The number of para-hydroxylation sites is 1. The van der Waals surface area contributed by atoms with Crippen LogP contribution in [0.5, 0.6) is 0 Å². The normalized spacial score (nSPS) is 16.0. The zero-order valence-electron chi connectivity index (χ0n) is 16.8. The zero-order valence-corrected chi connectivity index (χ0v) is 18.4. The molecule has 0 saturated carbocycles. The lowest BCUT2D eigenvalue weighted by molar-refractivity contribution is 0.626. The number of aromatic nitrogens is 1. The van der Waals surface area contributed by atoms with Crippen LogP contribution in [0.25, 0.3) is 10.9 Å². The second-order valence-corrected chi connectivity index (χ2v) is 8.55. The molecule has 1 atom stereocenters. The number of pyridine rings is 1. The third-order valence-electron chi connectivity index (χ3n) is 5.73. The molecule has 0 aliphatic carbocycles. The van der Waals surface area contributed by atoms with Crippen LogP contribution >= 0.6 is 15.9 Å². The summed E-state index contributed by atoms with van der Waals surface area (Å²) in [5.41, 5.74) is 4.75. The molecular weight excluding hydrogens is 457 g/mol. The number of hydrazone groups is 1. The first kappa shape index (κ1) is 19.7. The van der Waals surface area contributed by atoms with Gasteiger partial charge in [0, 0.05) is 21.8 Å². The Kier molecular flexibility index (Phi) is 4.94. The molecule has 1 unspecified atom stereocenters. The van der Waals surface area contributed by atoms with Gasteiger partial charge in [0.25, 0.3) is 5.56 Å². The van der Waals surface area contributed by atoms with Crippen molar-refractivity contribution in [1.82, 2.24) is 4.98 Å². The number of hydrogen-bond acceptors (Lipinski definition) is 3. The standard InChI is InChI=1S/C25H19BrFN3O/c1-15-20-4-2-3-5-21(20)28-25(31)24(15)22-14-23(16-6-8-17(26)9-7-16)30(29-22)19-12-10-18(27)11-13-19/h2-13,23H,14H2,1H3,(H,28,31). The van der Waals surface area contributed by atoms with Gasteiger partial charge in [0.2, 0.25) is 0 Å². The number of anilines is 1. The van der Waals surface area contributed by atoms with Crippen LogP contribution in [0.3, 0.4) is 0 Å². The van der Waals surface area contributed by atoms with Crippen molar-refractivity contribution in [2.24, 2.45) is 5.10 Å². The Labute approximate surface area is 187 Å². The van der Waals surface area contributed by atoms with Crippen molar-refractivity contribution >= 4 is 38.2 Å². The molecule has 4 aromatic rings. The molecule has 0 saturated heterocycles. The number of fused-ring (bicyclic) bond motifs is 1. The third kappa shape index (κ3) is 3.57. The van der Waals surface area contributed by atoms with E-state index in [0.717, 1.165) is 37.9 Å². The summed E-state index contributed by atoms with van der Waals surface area (Å²) in [5, 5.41) is 7.74. The van der Waals surface area contributed by atoms with Crippen molar-refractivity contribution in [3.05, 3.63) is 110 Å². The molecule has 3 aromatic carbocycles. The van der Waals surface area contributed by atoms with Gasteiger partial charge in [-0.25, -0.2) is 4.39 Å². The Hall–Kier alpha value is -3.25. The molecule has 0 radical (unpaired) electrons. The van der Waals surface area contributed by atoms with Gasteiger partial charge in [0.05, 0.1) is 23.0 Å². The minimum Gasteiger partial charge on any atom is -0.321 e. The number of hydrogen-bond donors (Lipinski definition) is 1. The molecule has 1 N–H and O–H groups in total. The minimum atomic E-state index is -0.297. The molecule has 6 heteroatoms. The number of rotatable bonds is 3. The van der Waals surface area contributed by atoms with Crippen LogP contribution in [0.15, 0.2) is 87.2 Å². The van der Waals surface area contributed by atoms with Crippen molar-refractivity contribution < 1.29 is 4.39 Å². The lowest BCUT2D eigenvalue weighted by Crippen LogP contribution is -2.20. The van der Waals surface area contributed by atoms with E-state index in [0.29, 0.717) is 12.0 Å². The second kappa shape index (κ2) is 7.78. The first-order chi connectivity index (χ1) is 15.0. The highest BCUT2D eigenvalue weighted by Gasteiger charge is 2.32. The highest BCUT2D eigenvalue weighted by atomic mass is 79.9.